The van der Waals surface area contributed by atoms with Crippen LogP contribution in [0.2, 0.25) is 0 Å². The number of carbonyl (C=O) groups excluding carboxylic acids is 7. The molecule has 0 radical (unpaired) electrons. The van der Waals surface area contributed by atoms with Gasteiger partial charge in [0.2, 0.25) is 29.4 Å². The van der Waals surface area contributed by atoms with Crippen LogP contribution in [0.15, 0.2) is 30.3 Å². The van der Waals surface area contributed by atoms with Gasteiger partial charge < -0.3 is 36.4 Å². The molecule has 298 valence electrons. The van der Waals surface area contributed by atoms with Crippen molar-refractivity contribution >= 4 is 41.4 Å². The molecule has 4 rings (SSSR count). The van der Waals surface area contributed by atoms with E-state index in [-0.39, 0.29) is 35.5 Å². The van der Waals surface area contributed by atoms with Gasteiger partial charge in [0.25, 0.3) is 5.91 Å². The topological polar surface area (TPSA) is 186 Å². The second-order valence-corrected chi connectivity index (χ2v) is 16.9. The normalized spacial score (nSPS) is 25.4. The third-order valence-corrected chi connectivity index (χ3v) is 11.0. The predicted octanol–water partition coefficient (Wildman–Crippen LogP) is 2.97. The zero-order valence-electron chi connectivity index (χ0n) is 33.1. The number of fused-ring (bicyclic) bond motifs is 3. The number of ketones is 1. The first-order chi connectivity index (χ1) is 25.4. The monoisotopic (exact) mass is 751 g/mol. The van der Waals surface area contributed by atoms with Crippen molar-refractivity contribution in [3.8, 4) is 0 Å². The van der Waals surface area contributed by atoms with Crippen LogP contribution in [0.3, 0.4) is 0 Å². The van der Waals surface area contributed by atoms with Crippen LogP contribution in [0.5, 0.6) is 0 Å². The molecule has 1 aromatic carbocycles. The smallest absolute Gasteiger partial charge is 0.315 e. The number of nitrogens with zero attached hydrogens (tertiary/aromatic N) is 2. The number of benzene rings is 1. The zero-order valence-corrected chi connectivity index (χ0v) is 33.1. The maximum atomic E-state index is 14.2. The zero-order chi connectivity index (χ0) is 39.8. The number of carbonyl (C=O) groups is 7. The fraction of sp³-hybridized carbons (Fsp3) is 0.675. The van der Waals surface area contributed by atoms with Gasteiger partial charge in [-0.15, -0.1) is 0 Å². The summed E-state index contributed by atoms with van der Waals surface area (Å²) >= 11 is 0. The van der Waals surface area contributed by atoms with E-state index < -0.39 is 65.8 Å². The van der Waals surface area contributed by atoms with Crippen LogP contribution >= 0.6 is 0 Å². The molecular formula is C40H61N7O7. The molecule has 3 aliphatic rings. The third-order valence-electron chi connectivity index (χ3n) is 11.0. The van der Waals surface area contributed by atoms with Crippen LogP contribution in [-0.4, -0.2) is 102 Å². The number of piperidine rings is 1. The Morgan fingerprint density at radius 3 is 2.09 bits per heavy atom. The number of hydrogen-bond donors (Lipinski definition) is 5. The van der Waals surface area contributed by atoms with Gasteiger partial charge in [0.05, 0.1) is 12.6 Å². The lowest BCUT2D eigenvalue weighted by Crippen LogP contribution is -2.59. The van der Waals surface area contributed by atoms with E-state index in [1.165, 1.54) is 4.90 Å². The van der Waals surface area contributed by atoms with E-state index in [1.54, 1.807) is 49.3 Å². The van der Waals surface area contributed by atoms with Crippen LogP contribution < -0.4 is 26.6 Å². The lowest BCUT2D eigenvalue weighted by atomic mass is 9.97. The van der Waals surface area contributed by atoms with Crippen LogP contribution in [-0.2, 0) is 28.8 Å². The summed E-state index contributed by atoms with van der Waals surface area (Å²) in [5.41, 5.74) is -0.161. The molecule has 0 unspecified atom stereocenters. The van der Waals surface area contributed by atoms with E-state index in [2.05, 4.69) is 40.4 Å². The van der Waals surface area contributed by atoms with Crippen molar-refractivity contribution in [1.29, 1.82) is 0 Å². The molecule has 2 saturated heterocycles. The molecule has 6 atom stereocenters. The SMILES string of the molecule is CN(C)C(=O)[C@@H](NC(=O)CNC(=O)C(=O)[C@@H]1CCCCCCCCCC[C@H](NC(=O)NC(C)(C)C)C(=O)N2C[C@@H]3[C@H]([C@H]2C(=O)N1)C3(C)C)c1ccccc1. The van der Waals surface area contributed by atoms with Crippen molar-refractivity contribution in [3.05, 3.63) is 35.9 Å². The minimum absolute atomic E-state index is 0.0712. The van der Waals surface area contributed by atoms with Gasteiger partial charge in [0.15, 0.2) is 0 Å². The first-order valence-corrected chi connectivity index (χ1v) is 19.5. The summed E-state index contributed by atoms with van der Waals surface area (Å²) in [4.78, 5) is 97.1. The van der Waals surface area contributed by atoms with Gasteiger partial charge in [0, 0.05) is 26.2 Å². The highest BCUT2D eigenvalue weighted by molar-refractivity contribution is 6.38. The van der Waals surface area contributed by atoms with Crippen molar-refractivity contribution in [3.63, 3.8) is 0 Å². The van der Waals surface area contributed by atoms with Crippen LogP contribution in [0.1, 0.15) is 110 Å². The van der Waals surface area contributed by atoms with Crippen molar-refractivity contribution in [2.75, 3.05) is 27.2 Å². The molecular weight excluding hydrogens is 690 g/mol. The van der Waals surface area contributed by atoms with E-state index in [0.717, 1.165) is 44.9 Å². The van der Waals surface area contributed by atoms with Crippen LogP contribution in [0.4, 0.5) is 4.79 Å². The van der Waals surface area contributed by atoms with Gasteiger partial charge in [-0.3, -0.25) is 28.8 Å². The molecule has 0 bridgehead atoms. The third kappa shape index (κ3) is 11.0. The molecule has 3 fully saturated rings. The summed E-state index contributed by atoms with van der Waals surface area (Å²) in [5.74, 6) is -3.88. The number of Topliss-reactive ketones (excluding diaryl/α,β-unsaturated/α-hetero) is 1. The molecule has 0 spiro atoms. The quantitative estimate of drug-likeness (QED) is 0.253. The van der Waals surface area contributed by atoms with E-state index in [0.29, 0.717) is 24.9 Å². The molecule has 1 aliphatic carbocycles. The minimum Gasteiger partial charge on any atom is -0.347 e. The largest absolute Gasteiger partial charge is 0.347 e. The summed E-state index contributed by atoms with van der Waals surface area (Å²) in [6, 6.07) is 4.37. The van der Waals surface area contributed by atoms with Crippen molar-refractivity contribution in [2.24, 2.45) is 17.3 Å². The Balaban J connectivity index is 1.50. The van der Waals surface area contributed by atoms with Gasteiger partial charge in [0.1, 0.15) is 18.1 Å². The molecule has 14 heteroatoms. The fourth-order valence-electron chi connectivity index (χ4n) is 7.90. The van der Waals surface area contributed by atoms with Gasteiger partial charge in [-0.25, -0.2) is 4.79 Å². The Morgan fingerprint density at radius 2 is 1.50 bits per heavy atom. The Morgan fingerprint density at radius 1 is 0.907 bits per heavy atom. The molecule has 7 amide bonds. The highest BCUT2D eigenvalue weighted by Gasteiger charge is 2.69. The highest BCUT2D eigenvalue weighted by atomic mass is 16.2. The van der Waals surface area contributed by atoms with Crippen molar-refractivity contribution in [1.82, 2.24) is 36.4 Å². The molecule has 1 aromatic rings. The number of hydrogen-bond acceptors (Lipinski definition) is 7. The standard InChI is InChI=1S/C40H61N7O7/c1-39(2,3)45-38(54)43-28-22-18-13-11-9-8-10-12-17-21-27(42-34(50)32-30-26(40(30,4)5)24-47(32)36(28)52)33(49)35(51)41-23-29(48)44-31(37(53)46(6)7)25-19-15-14-16-20-25/h14-16,19-20,26-28,30-32H,8-13,17-18,21-24H2,1-7H3,(H,41,51)(H,42,50)(H,44,48)(H2,43,45,54)/t26-,27+,28+,30-,31+,32+/m1/s1. The first-order valence-electron chi connectivity index (χ1n) is 19.5. The number of rotatable bonds is 8. The van der Waals surface area contributed by atoms with E-state index >= 15 is 0 Å². The number of likely N-dealkylation sites (N-methyl/N-ethyl adjacent to an activating group) is 1. The fourth-order valence-corrected chi connectivity index (χ4v) is 7.90. The molecule has 14 nitrogen and oxygen atoms in total. The number of urea groups is 1. The Labute approximate surface area is 319 Å². The summed E-state index contributed by atoms with van der Waals surface area (Å²) in [7, 11) is 3.14. The Bertz CT molecular complexity index is 1540. The maximum Gasteiger partial charge on any atom is 0.315 e. The van der Waals surface area contributed by atoms with Gasteiger partial charge in [-0.1, -0.05) is 95.5 Å². The molecule has 0 aromatic heterocycles. The summed E-state index contributed by atoms with van der Waals surface area (Å²) in [6.45, 7) is 9.47. The van der Waals surface area contributed by atoms with Crippen molar-refractivity contribution < 1.29 is 33.6 Å². The first kappa shape index (κ1) is 42.3. The van der Waals surface area contributed by atoms with Gasteiger partial charge in [-0.2, -0.15) is 0 Å². The molecule has 54 heavy (non-hydrogen) atoms. The Hall–Kier alpha value is -4.49. The lowest BCUT2D eigenvalue weighted by molar-refractivity contribution is -0.144. The van der Waals surface area contributed by atoms with E-state index in [4.69, 9.17) is 0 Å². The lowest BCUT2D eigenvalue weighted by Gasteiger charge is -2.34. The highest BCUT2D eigenvalue weighted by Crippen LogP contribution is 2.65. The summed E-state index contributed by atoms with van der Waals surface area (Å²) in [6.07, 6.45) is 7.64. The number of nitrogens with one attached hydrogen (secondary N) is 5. The average Bonchev–Trinajstić information content (AvgIpc) is 3.41. The van der Waals surface area contributed by atoms with E-state index in [9.17, 15) is 33.6 Å². The second kappa shape index (κ2) is 18.2. The van der Waals surface area contributed by atoms with Crippen LogP contribution in [0.25, 0.3) is 0 Å². The summed E-state index contributed by atoms with van der Waals surface area (Å²) < 4.78 is 0. The molecule has 5 N–H and O–H groups in total. The molecule has 2 aliphatic heterocycles. The summed E-state index contributed by atoms with van der Waals surface area (Å²) in [5, 5.41) is 13.6. The average molecular weight is 752 g/mol. The second-order valence-electron chi connectivity index (χ2n) is 16.9. The Kier molecular flexibility index (Phi) is 14.3. The van der Waals surface area contributed by atoms with Gasteiger partial charge >= 0.3 is 6.03 Å². The molecule has 2 heterocycles. The minimum atomic E-state index is -1.17. The number of amides is 7. The van der Waals surface area contributed by atoms with Gasteiger partial charge in [-0.05, 0) is 56.4 Å². The van der Waals surface area contributed by atoms with E-state index in [1.807, 2.05) is 20.8 Å². The maximum absolute atomic E-state index is 14.2. The van der Waals surface area contributed by atoms with Crippen LogP contribution in [0, 0.1) is 17.3 Å². The molecule has 1 saturated carbocycles. The van der Waals surface area contributed by atoms with Crippen molar-refractivity contribution in [2.45, 2.75) is 129 Å². The predicted molar refractivity (Wildman–Crippen MR) is 204 cm³/mol.